The van der Waals surface area contributed by atoms with Crippen LogP contribution in [0.1, 0.15) is 11.4 Å². The van der Waals surface area contributed by atoms with Crippen molar-refractivity contribution in [2.24, 2.45) is 0 Å². The van der Waals surface area contributed by atoms with E-state index in [-0.39, 0.29) is 0 Å². The lowest BCUT2D eigenvalue weighted by molar-refractivity contribution is 0.886. The van der Waals surface area contributed by atoms with Gasteiger partial charge in [-0.2, -0.15) is 5.10 Å². The van der Waals surface area contributed by atoms with E-state index in [0.717, 1.165) is 22.6 Å². The highest BCUT2D eigenvalue weighted by Gasteiger charge is 2.10. The van der Waals surface area contributed by atoms with Crippen LogP contribution in [0.15, 0.2) is 29.8 Å². The van der Waals surface area contributed by atoms with E-state index in [0.29, 0.717) is 0 Å². The second kappa shape index (κ2) is 3.42. The zero-order valence-corrected chi connectivity index (χ0v) is 9.95. The van der Waals surface area contributed by atoms with Gasteiger partial charge in [0.2, 0.25) is 0 Å². The summed E-state index contributed by atoms with van der Waals surface area (Å²) in [5.41, 5.74) is 4.20. The molecular formula is C12H11N3S. The first-order valence-electron chi connectivity index (χ1n) is 5.11. The van der Waals surface area contributed by atoms with E-state index in [9.17, 15) is 0 Å². The summed E-state index contributed by atoms with van der Waals surface area (Å²) in [6, 6.07) is 6.19. The van der Waals surface area contributed by atoms with Crippen LogP contribution in [0.25, 0.3) is 16.1 Å². The molecular weight excluding hydrogens is 218 g/mol. The Balaban J connectivity index is 2.35. The van der Waals surface area contributed by atoms with Crippen molar-refractivity contribution in [3.63, 3.8) is 0 Å². The molecule has 0 atom stereocenters. The van der Waals surface area contributed by atoms with E-state index < -0.39 is 0 Å². The Bertz CT molecular complexity index is 638. The molecule has 0 spiro atoms. The molecule has 0 saturated heterocycles. The first-order chi connectivity index (χ1) is 7.75. The smallest absolute Gasteiger partial charge is 0.164 e. The quantitative estimate of drug-likeness (QED) is 0.642. The first-order valence-corrected chi connectivity index (χ1v) is 5.99. The Morgan fingerprint density at radius 2 is 2.19 bits per heavy atom. The van der Waals surface area contributed by atoms with Crippen LogP contribution < -0.4 is 0 Å². The van der Waals surface area contributed by atoms with E-state index in [2.05, 4.69) is 21.5 Å². The van der Waals surface area contributed by atoms with E-state index in [4.69, 9.17) is 0 Å². The van der Waals surface area contributed by atoms with Crippen molar-refractivity contribution in [1.29, 1.82) is 0 Å². The zero-order valence-electron chi connectivity index (χ0n) is 9.14. The number of hydrogen-bond donors (Lipinski definition) is 0. The van der Waals surface area contributed by atoms with Crippen molar-refractivity contribution in [3.05, 3.63) is 41.2 Å². The van der Waals surface area contributed by atoms with Gasteiger partial charge in [0.1, 0.15) is 0 Å². The standard InChI is InChI=1S/C12H11N3S/c1-8-6-9(2)15-12(14-8)10(7-13-15)11-4-3-5-16-11/h3-7H,1-2H3. The third-order valence-corrected chi connectivity index (χ3v) is 3.47. The van der Waals surface area contributed by atoms with Gasteiger partial charge < -0.3 is 0 Å². The highest BCUT2D eigenvalue weighted by Crippen LogP contribution is 2.28. The average molecular weight is 229 g/mol. The van der Waals surface area contributed by atoms with Gasteiger partial charge in [0, 0.05) is 16.3 Å². The number of fused-ring (bicyclic) bond motifs is 1. The number of hydrogen-bond acceptors (Lipinski definition) is 3. The third kappa shape index (κ3) is 1.34. The van der Waals surface area contributed by atoms with Crippen molar-refractivity contribution in [2.75, 3.05) is 0 Å². The maximum Gasteiger partial charge on any atom is 0.164 e. The lowest BCUT2D eigenvalue weighted by Crippen LogP contribution is -1.97. The van der Waals surface area contributed by atoms with Crippen molar-refractivity contribution in [3.8, 4) is 10.4 Å². The van der Waals surface area contributed by atoms with Crippen LogP contribution in [-0.2, 0) is 0 Å². The minimum absolute atomic E-state index is 0.944. The number of aryl methyl sites for hydroxylation is 2. The van der Waals surface area contributed by atoms with Crippen LogP contribution >= 0.6 is 11.3 Å². The Morgan fingerprint density at radius 1 is 1.31 bits per heavy atom. The summed E-state index contributed by atoms with van der Waals surface area (Å²) in [6.45, 7) is 4.06. The Morgan fingerprint density at radius 3 is 2.94 bits per heavy atom. The van der Waals surface area contributed by atoms with Gasteiger partial charge in [-0.25, -0.2) is 9.50 Å². The molecule has 0 aromatic carbocycles. The molecule has 3 aromatic rings. The van der Waals surface area contributed by atoms with Gasteiger partial charge in [-0.3, -0.25) is 0 Å². The van der Waals surface area contributed by atoms with E-state index in [1.54, 1.807) is 11.3 Å². The van der Waals surface area contributed by atoms with E-state index in [1.807, 2.05) is 36.7 Å². The van der Waals surface area contributed by atoms with Crippen LogP contribution in [-0.4, -0.2) is 14.6 Å². The fourth-order valence-electron chi connectivity index (χ4n) is 1.88. The summed E-state index contributed by atoms with van der Waals surface area (Å²) in [5.74, 6) is 0. The summed E-state index contributed by atoms with van der Waals surface area (Å²) in [5, 5.41) is 6.45. The highest BCUT2D eigenvalue weighted by molar-refractivity contribution is 7.13. The van der Waals surface area contributed by atoms with Crippen LogP contribution in [0.5, 0.6) is 0 Å². The molecule has 0 N–H and O–H groups in total. The summed E-state index contributed by atoms with van der Waals surface area (Å²) < 4.78 is 1.89. The molecule has 0 unspecified atom stereocenters. The second-order valence-corrected chi connectivity index (χ2v) is 4.76. The molecule has 3 nitrogen and oxygen atoms in total. The first kappa shape index (κ1) is 9.54. The van der Waals surface area contributed by atoms with Crippen LogP contribution in [0, 0.1) is 13.8 Å². The molecule has 0 amide bonds. The minimum atomic E-state index is 0.944. The molecule has 16 heavy (non-hydrogen) atoms. The van der Waals surface area contributed by atoms with Gasteiger partial charge in [-0.15, -0.1) is 11.3 Å². The van der Waals surface area contributed by atoms with Crippen LogP contribution in [0.2, 0.25) is 0 Å². The number of rotatable bonds is 1. The van der Waals surface area contributed by atoms with Crippen molar-refractivity contribution in [1.82, 2.24) is 14.6 Å². The average Bonchev–Trinajstić information content (AvgIpc) is 2.83. The van der Waals surface area contributed by atoms with Gasteiger partial charge in [0.05, 0.1) is 11.8 Å². The molecule has 0 saturated carbocycles. The van der Waals surface area contributed by atoms with E-state index >= 15 is 0 Å². The predicted octanol–water partition coefficient (Wildman–Crippen LogP) is 3.07. The monoisotopic (exact) mass is 229 g/mol. The Hall–Kier alpha value is -1.68. The molecule has 3 heterocycles. The highest BCUT2D eigenvalue weighted by atomic mass is 32.1. The largest absolute Gasteiger partial charge is 0.233 e. The molecule has 4 heteroatoms. The second-order valence-electron chi connectivity index (χ2n) is 3.81. The molecule has 0 aliphatic carbocycles. The SMILES string of the molecule is Cc1cc(C)n2ncc(-c3cccs3)c2n1. The normalized spacial score (nSPS) is 11.1. The zero-order chi connectivity index (χ0) is 11.1. The Kier molecular flexibility index (Phi) is 2.04. The lowest BCUT2D eigenvalue weighted by Gasteiger charge is -2.01. The molecule has 0 fully saturated rings. The number of thiophene rings is 1. The third-order valence-electron chi connectivity index (χ3n) is 2.56. The Labute approximate surface area is 97.4 Å². The van der Waals surface area contributed by atoms with Gasteiger partial charge in [0.25, 0.3) is 0 Å². The fourth-order valence-corrected chi connectivity index (χ4v) is 2.61. The predicted molar refractivity (Wildman–Crippen MR) is 65.8 cm³/mol. The summed E-state index contributed by atoms with van der Waals surface area (Å²) in [4.78, 5) is 5.77. The summed E-state index contributed by atoms with van der Waals surface area (Å²) in [7, 11) is 0. The maximum absolute atomic E-state index is 4.56. The van der Waals surface area contributed by atoms with Gasteiger partial charge >= 0.3 is 0 Å². The van der Waals surface area contributed by atoms with Gasteiger partial charge in [0.15, 0.2) is 5.65 Å². The fraction of sp³-hybridized carbons (Fsp3) is 0.167. The van der Waals surface area contributed by atoms with E-state index in [1.165, 1.54) is 4.88 Å². The molecule has 0 bridgehead atoms. The van der Waals surface area contributed by atoms with Crippen molar-refractivity contribution >= 4 is 17.0 Å². The molecule has 0 aliphatic rings. The summed E-state index contributed by atoms with van der Waals surface area (Å²) >= 11 is 1.71. The molecule has 0 aliphatic heterocycles. The van der Waals surface area contributed by atoms with Crippen LogP contribution in [0.4, 0.5) is 0 Å². The topological polar surface area (TPSA) is 30.2 Å². The minimum Gasteiger partial charge on any atom is -0.233 e. The lowest BCUT2D eigenvalue weighted by atomic mass is 10.2. The number of aromatic nitrogens is 3. The molecule has 80 valence electrons. The molecule has 0 radical (unpaired) electrons. The molecule has 3 aromatic heterocycles. The van der Waals surface area contributed by atoms with Gasteiger partial charge in [-0.05, 0) is 31.4 Å². The van der Waals surface area contributed by atoms with Crippen molar-refractivity contribution < 1.29 is 0 Å². The number of nitrogens with zero attached hydrogens (tertiary/aromatic N) is 3. The van der Waals surface area contributed by atoms with Gasteiger partial charge in [-0.1, -0.05) is 6.07 Å². The van der Waals surface area contributed by atoms with Crippen molar-refractivity contribution in [2.45, 2.75) is 13.8 Å². The maximum atomic E-state index is 4.56. The summed E-state index contributed by atoms with van der Waals surface area (Å²) in [6.07, 6.45) is 1.89. The molecule has 3 rings (SSSR count). The van der Waals surface area contributed by atoms with Crippen LogP contribution in [0.3, 0.4) is 0 Å².